The number of oxazole rings is 2. The van der Waals surface area contributed by atoms with E-state index < -0.39 is 39.7 Å². The highest BCUT2D eigenvalue weighted by Crippen LogP contribution is 2.61. The second-order valence-corrected chi connectivity index (χ2v) is 15.2. The summed E-state index contributed by atoms with van der Waals surface area (Å²) in [6.45, 7) is 7.29. The van der Waals surface area contributed by atoms with Crippen LogP contribution in [0.15, 0.2) is 87.8 Å². The molecule has 250 valence electrons. The van der Waals surface area contributed by atoms with Crippen molar-refractivity contribution in [1.29, 1.82) is 0 Å². The Morgan fingerprint density at radius 1 is 1.04 bits per heavy atom. The predicted octanol–water partition coefficient (Wildman–Crippen LogP) is 5.74. The Hall–Kier alpha value is -5.66. The number of para-hydroxylation sites is 1. The van der Waals surface area contributed by atoms with Gasteiger partial charge in [-0.3, -0.25) is 4.79 Å². The van der Waals surface area contributed by atoms with Crippen molar-refractivity contribution in [2.75, 3.05) is 5.32 Å². The molecule has 1 amide bonds. The van der Waals surface area contributed by atoms with Gasteiger partial charge in [-0.05, 0) is 35.6 Å². The second kappa shape index (κ2) is 9.96. The van der Waals surface area contributed by atoms with Crippen LogP contribution in [0.1, 0.15) is 48.2 Å². The van der Waals surface area contributed by atoms with Gasteiger partial charge in [0, 0.05) is 50.4 Å². The van der Waals surface area contributed by atoms with E-state index in [4.69, 9.17) is 23.5 Å². The summed E-state index contributed by atoms with van der Waals surface area (Å²) < 4.78 is 48.3. The molecule has 7 heterocycles. The van der Waals surface area contributed by atoms with Gasteiger partial charge in [-0.15, -0.1) is 0 Å². The SMILES string of the molecule is C=CS(=O)(=O)NC1Cc2ccc3c(c2)C24c5cccc(c5NC2O3)-c2cccc3[nH]cc(c23)-c2cnc(o2)-c2nc(oc24)[C@H](C(C)C)NC1=O. The molecule has 3 aromatic heterocycles. The van der Waals surface area contributed by atoms with Crippen molar-refractivity contribution < 1.29 is 26.8 Å². The first-order valence-electron chi connectivity index (χ1n) is 16.4. The third-order valence-corrected chi connectivity index (χ3v) is 11.4. The number of aromatic nitrogens is 3. The van der Waals surface area contributed by atoms with Crippen LogP contribution in [-0.4, -0.2) is 41.5 Å². The number of fused-ring (bicyclic) bond motifs is 7. The molecule has 10 bridgehead atoms. The quantitative estimate of drug-likeness (QED) is 0.181. The van der Waals surface area contributed by atoms with Gasteiger partial charge < -0.3 is 29.2 Å². The van der Waals surface area contributed by atoms with E-state index in [9.17, 15) is 13.2 Å². The predicted molar refractivity (Wildman–Crippen MR) is 185 cm³/mol. The lowest BCUT2D eigenvalue weighted by molar-refractivity contribution is -0.124. The van der Waals surface area contributed by atoms with Crippen LogP contribution in [0.25, 0.3) is 44.9 Å². The number of benzene rings is 3. The van der Waals surface area contributed by atoms with Crippen molar-refractivity contribution in [3.8, 4) is 39.8 Å². The van der Waals surface area contributed by atoms with E-state index in [0.717, 1.165) is 49.8 Å². The third kappa shape index (κ3) is 3.84. The van der Waals surface area contributed by atoms with Crippen LogP contribution < -0.4 is 20.1 Å². The number of nitrogens with zero attached hydrogens (tertiary/aromatic N) is 2. The lowest BCUT2D eigenvalue weighted by Crippen LogP contribution is -2.49. The maximum atomic E-state index is 13.9. The molecule has 6 aromatic rings. The smallest absolute Gasteiger partial charge is 0.249 e. The zero-order valence-corrected chi connectivity index (χ0v) is 27.7. The number of sulfonamides is 1. The second-order valence-electron chi connectivity index (χ2n) is 13.5. The third-order valence-electron chi connectivity index (χ3n) is 10.4. The summed E-state index contributed by atoms with van der Waals surface area (Å²) >= 11 is 0. The fraction of sp³-hybridized carbons (Fsp3) is 0.216. The van der Waals surface area contributed by atoms with Gasteiger partial charge in [0.25, 0.3) is 0 Å². The van der Waals surface area contributed by atoms with Crippen molar-refractivity contribution in [2.24, 2.45) is 5.92 Å². The molecule has 0 saturated carbocycles. The average Bonchev–Trinajstić information content (AvgIpc) is 3.92. The van der Waals surface area contributed by atoms with Crippen LogP contribution >= 0.6 is 0 Å². The number of H-pyrrole nitrogens is 1. The average molecular weight is 687 g/mol. The zero-order chi connectivity index (χ0) is 34.1. The molecule has 4 atom stereocenters. The van der Waals surface area contributed by atoms with E-state index in [1.165, 1.54) is 0 Å². The van der Waals surface area contributed by atoms with Gasteiger partial charge in [0.05, 0.1) is 6.20 Å². The molecular weight excluding hydrogens is 657 g/mol. The Morgan fingerprint density at radius 3 is 2.72 bits per heavy atom. The molecule has 4 N–H and O–H groups in total. The molecule has 0 aliphatic carbocycles. The summed E-state index contributed by atoms with van der Waals surface area (Å²) in [7, 11) is -3.97. The molecule has 3 unspecified atom stereocenters. The van der Waals surface area contributed by atoms with Crippen LogP contribution in [0.2, 0.25) is 0 Å². The molecule has 13 heteroatoms. The largest absolute Gasteiger partial charge is 0.469 e. The number of rotatable bonds is 4. The fourth-order valence-corrected chi connectivity index (χ4v) is 8.77. The Bertz CT molecular complexity index is 2570. The molecule has 0 radical (unpaired) electrons. The lowest BCUT2D eigenvalue weighted by atomic mass is 9.72. The van der Waals surface area contributed by atoms with Gasteiger partial charge in [-0.1, -0.05) is 62.9 Å². The first kappa shape index (κ1) is 29.3. The number of aromatic amines is 1. The van der Waals surface area contributed by atoms with Gasteiger partial charge in [0.1, 0.15) is 23.2 Å². The number of carbonyl (C=O) groups excluding carboxylic acids is 1. The first-order chi connectivity index (χ1) is 24.2. The highest BCUT2D eigenvalue weighted by atomic mass is 32.2. The maximum absolute atomic E-state index is 13.9. The highest BCUT2D eigenvalue weighted by molar-refractivity contribution is 7.92. The molecule has 10 rings (SSSR count). The number of nitrogens with one attached hydrogen (secondary N) is 4. The Morgan fingerprint density at radius 2 is 1.88 bits per heavy atom. The van der Waals surface area contributed by atoms with E-state index in [1.54, 1.807) is 6.20 Å². The summed E-state index contributed by atoms with van der Waals surface area (Å²) in [5.41, 5.74) is 6.36. The number of ether oxygens (including phenoxy) is 1. The number of hydrogen-bond donors (Lipinski definition) is 4. The summed E-state index contributed by atoms with van der Waals surface area (Å²) in [6, 6.07) is 16.1. The topological polar surface area (TPSA) is 164 Å². The Balaban J connectivity index is 1.33. The van der Waals surface area contributed by atoms with Crippen molar-refractivity contribution in [2.45, 2.75) is 44.0 Å². The summed E-state index contributed by atoms with van der Waals surface area (Å²) in [6.07, 6.45) is 3.02. The van der Waals surface area contributed by atoms with Gasteiger partial charge in [0.15, 0.2) is 23.4 Å². The lowest BCUT2D eigenvalue weighted by Gasteiger charge is -2.28. The normalized spacial score (nSPS) is 22.6. The minimum atomic E-state index is -3.97. The van der Waals surface area contributed by atoms with Crippen molar-refractivity contribution in [3.63, 3.8) is 0 Å². The van der Waals surface area contributed by atoms with Crippen molar-refractivity contribution in [1.82, 2.24) is 25.0 Å². The molecule has 4 aliphatic rings. The Labute approximate surface area is 286 Å². The molecule has 0 saturated heterocycles. The molecule has 3 aromatic carbocycles. The number of anilines is 1. The summed E-state index contributed by atoms with van der Waals surface area (Å²) in [5.74, 6) is 1.38. The van der Waals surface area contributed by atoms with Gasteiger partial charge in [-0.2, -0.15) is 4.72 Å². The molecular formula is C37H30N6O6S. The summed E-state index contributed by atoms with van der Waals surface area (Å²) in [4.78, 5) is 27.2. The van der Waals surface area contributed by atoms with E-state index >= 15 is 0 Å². The van der Waals surface area contributed by atoms with Crippen LogP contribution in [-0.2, 0) is 26.7 Å². The molecule has 4 aliphatic heterocycles. The monoisotopic (exact) mass is 686 g/mol. The van der Waals surface area contributed by atoms with Crippen LogP contribution in [0.5, 0.6) is 5.75 Å². The van der Waals surface area contributed by atoms with E-state index in [1.807, 2.05) is 56.4 Å². The van der Waals surface area contributed by atoms with E-state index in [-0.39, 0.29) is 24.1 Å². The molecule has 50 heavy (non-hydrogen) atoms. The minimum Gasteiger partial charge on any atom is -0.469 e. The van der Waals surface area contributed by atoms with E-state index in [2.05, 4.69) is 45.1 Å². The fourth-order valence-electron chi connectivity index (χ4n) is 8.08. The molecule has 12 nitrogen and oxygen atoms in total. The number of amides is 1. The van der Waals surface area contributed by atoms with Crippen LogP contribution in [0, 0.1) is 5.92 Å². The molecule has 1 spiro atoms. The first-order valence-corrected chi connectivity index (χ1v) is 17.9. The van der Waals surface area contributed by atoms with Gasteiger partial charge in [-0.25, -0.2) is 18.4 Å². The van der Waals surface area contributed by atoms with Crippen molar-refractivity contribution >= 4 is 32.5 Å². The number of carbonyl (C=O) groups is 1. The van der Waals surface area contributed by atoms with Gasteiger partial charge >= 0.3 is 0 Å². The standard InChI is InChI=1S/C37H30N6O6S/c1-4-50(45,46)43-25-14-18-11-12-26-23(13-18)37-22-9-5-8-20(30(22)42-36(37)48-26)19-7-6-10-24-28(19)21(15-38-24)27-16-39-34(47-27)31-32(37)49-35(41-31)29(17(2)3)40-33(25)44/h4-13,15-17,25,29,36,38,42-43H,1,14H2,2-3H3,(H,40,44)/t25?,29-,36?,37?/m0/s1. The Kier molecular flexibility index (Phi) is 5.83. The van der Waals surface area contributed by atoms with E-state index in [0.29, 0.717) is 28.5 Å². The van der Waals surface area contributed by atoms with Crippen molar-refractivity contribution in [3.05, 3.63) is 107 Å². The van der Waals surface area contributed by atoms with Crippen LogP contribution in [0.4, 0.5) is 5.69 Å². The minimum absolute atomic E-state index is 0.0681. The zero-order valence-electron chi connectivity index (χ0n) is 26.9. The van der Waals surface area contributed by atoms with Gasteiger partial charge in [0.2, 0.25) is 27.7 Å². The number of hydrogen-bond acceptors (Lipinski definition) is 9. The van der Waals surface area contributed by atoms with Crippen LogP contribution in [0.3, 0.4) is 0 Å². The summed E-state index contributed by atoms with van der Waals surface area (Å²) in [5, 5.41) is 8.56. The maximum Gasteiger partial charge on any atom is 0.249 e. The highest BCUT2D eigenvalue weighted by Gasteiger charge is 2.61. The molecule has 0 fully saturated rings.